The van der Waals surface area contributed by atoms with Crippen molar-refractivity contribution in [2.24, 2.45) is 0 Å². The van der Waals surface area contributed by atoms with Crippen LogP contribution in [-0.2, 0) is 11.2 Å². The number of fused-ring (bicyclic) bond motifs is 1. The van der Waals surface area contributed by atoms with Crippen molar-refractivity contribution < 1.29 is 9.59 Å². The summed E-state index contributed by atoms with van der Waals surface area (Å²) in [4.78, 5) is 32.9. The number of nitrogens with one attached hydrogen (secondary N) is 3. The van der Waals surface area contributed by atoms with E-state index in [-0.39, 0.29) is 24.4 Å². The number of carbonyl (C=O) groups excluding carboxylic acids is 2. The number of urea groups is 1. The van der Waals surface area contributed by atoms with Crippen LogP contribution in [0.3, 0.4) is 0 Å². The predicted molar refractivity (Wildman–Crippen MR) is 108 cm³/mol. The molecular formula is C18H19N5O2S2. The first-order chi connectivity index (χ1) is 13.2. The van der Waals surface area contributed by atoms with Crippen molar-refractivity contribution in [3.63, 3.8) is 0 Å². The molecule has 27 heavy (non-hydrogen) atoms. The number of rotatable bonds is 5. The van der Waals surface area contributed by atoms with Crippen molar-refractivity contribution in [3.8, 4) is 0 Å². The van der Waals surface area contributed by atoms with Gasteiger partial charge in [0.15, 0.2) is 10.3 Å². The first-order valence-corrected chi connectivity index (χ1v) is 10.5. The maximum Gasteiger partial charge on any atom is 0.321 e. The highest BCUT2D eigenvalue weighted by Gasteiger charge is 2.18. The Hall–Kier alpha value is -2.52. The summed E-state index contributed by atoms with van der Waals surface area (Å²) in [5, 5.41) is 11.4. The van der Waals surface area contributed by atoms with Crippen LogP contribution in [0.2, 0.25) is 0 Å². The van der Waals surface area contributed by atoms with Crippen LogP contribution in [0.15, 0.2) is 29.6 Å². The molecule has 3 aromatic rings. The summed E-state index contributed by atoms with van der Waals surface area (Å²) in [5.74, 6) is -0.179. The summed E-state index contributed by atoms with van der Waals surface area (Å²) < 4.78 is 1.03. The van der Waals surface area contributed by atoms with Crippen molar-refractivity contribution in [3.05, 3.63) is 35.3 Å². The average Bonchev–Trinajstić information content (AvgIpc) is 3.35. The summed E-state index contributed by atoms with van der Waals surface area (Å²) in [6.45, 7) is 0. The van der Waals surface area contributed by atoms with Crippen LogP contribution < -0.4 is 16.0 Å². The number of hydrogen-bond acceptors (Lipinski definition) is 6. The molecule has 0 bridgehead atoms. The van der Waals surface area contributed by atoms with E-state index in [9.17, 15) is 9.59 Å². The number of amides is 3. The van der Waals surface area contributed by atoms with Crippen LogP contribution >= 0.6 is 22.7 Å². The second-order valence-corrected chi connectivity index (χ2v) is 8.32. The molecule has 0 aliphatic heterocycles. The zero-order valence-corrected chi connectivity index (χ0v) is 16.2. The van der Waals surface area contributed by atoms with Gasteiger partial charge in [0.1, 0.15) is 0 Å². The molecule has 3 N–H and O–H groups in total. The van der Waals surface area contributed by atoms with Gasteiger partial charge in [0, 0.05) is 11.4 Å². The van der Waals surface area contributed by atoms with Crippen LogP contribution in [0.25, 0.3) is 10.2 Å². The lowest BCUT2D eigenvalue weighted by Gasteiger charge is -2.11. The first-order valence-electron chi connectivity index (χ1n) is 8.83. The molecule has 1 saturated carbocycles. The van der Waals surface area contributed by atoms with Gasteiger partial charge in [0.25, 0.3) is 0 Å². The Morgan fingerprint density at radius 1 is 1.07 bits per heavy atom. The Morgan fingerprint density at radius 2 is 1.89 bits per heavy atom. The van der Waals surface area contributed by atoms with E-state index in [1.807, 2.05) is 24.3 Å². The highest BCUT2D eigenvalue weighted by Crippen LogP contribution is 2.25. The van der Waals surface area contributed by atoms with Crippen molar-refractivity contribution in [2.75, 3.05) is 10.6 Å². The molecule has 1 aliphatic rings. The second kappa shape index (κ2) is 8.01. The monoisotopic (exact) mass is 401 g/mol. The average molecular weight is 402 g/mol. The number of nitrogens with zero attached hydrogens (tertiary/aromatic N) is 2. The van der Waals surface area contributed by atoms with E-state index in [1.54, 1.807) is 5.38 Å². The third-order valence-electron chi connectivity index (χ3n) is 4.34. The molecule has 0 unspecified atom stereocenters. The molecule has 3 amide bonds. The van der Waals surface area contributed by atoms with Gasteiger partial charge in [-0.3, -0.25) is 10.1 Å². The molecule has 1 fully saturated rings. The van der Waals surface area contributed by atoms with E-state index >= 15 is 0 Å². The standard InChI is InChI=1S/C18H19N5O2S2/c24-15(22-18-21-13-7-3-4-8-14(13)27-18)9-12-10-26-17(20-12)23-16(25)19-11-5-1-2-6-11/h3-4,7-8,10-11H,1-2,5-6,9H2,(H,21,22,24)(H2,19,20,23,25). The van der Waals surface area contributed by atoms with Gasteiger partial charge in [0.2, 0.25) is 5.91 Å². The lowest BCUT2D eigenvalue weighted by atomic mass is 10.3. The Morgan fingerprint density at radius 3 is 2.70 bits per heavy atom. The number of thiazole rings is 2. The molecule has 1 aliphatic carbocycles. The molecule has 140 valence electrons. The molecule has 9 heteroatoms. The normalized spacial score (nSPS) is 14.4. The SMILES string of the molecule is O=C(Cc1csc(NC(=O)NC2CCCC2)n1)Nc1nc2ccccc2s1. The maximum absolute atomic E-state index is 12.2. The lowest BCUT2D eigenvalue weighted by molar-refractivity contribution is -0.115. The van der Waals surface area contributed by atoms with E-state index in [0.717, 1.165) is 35.9 Å². The predicted octanol–water partition coefficient (Wildman–Crippen LogP) is 4.00. The fourth-order valence-electron chi connectivity index (χ4n) is 3.09. The van der Waals surface area contributed by atoms with E-state index in [4.69, 9.17) is 0 Å². The Bertz CT molecular complexity index is 928. The summed E-state index contributed by atoms with van der Waals surface area (Å²) in [5.41, 5.74) is 1.49. The van der Waals surface area contributed by atoms with Gasteiger partial charge in [-0.15, -0.1) is 11.3 Å². The summed E-state index contributed by atoms with van der Waals surface area (Å²) in [6.07, 6.45) is 4.52. The molecule has 0 saturated heterocycles. The van der Waals surface area contributed by atoms with Crippen LogP contribution in [0.1, 0.15) is 31.4 Å². The highest BCUT2D eigenvalue weighted by atomic mass is 32.1. The van der Waals surface area contributed by atoms with Crippen molar-refractivity contribution >= 4 is 55.1 Å². The number of para-hydroxylation sites is 1. The van der Waals surface area contributed by atoms with Crippen LogP contribution in [0, 0.1) is 0 Å². The first kappa shape index (κ1) is 17.9. The Labute approximate surface area is 164 Å². The molecule has 2 heterocycles. The molecule has 7 nitrogen and oxygen atoms in total. The van der Waals surface area contributed by atoms with Gasteiger partial charge in [-0.25, -0.2) is 14.8 Å². The number of benzene rings is 1. The minimum atomic E-state index is -0.235. The van der Waals surface area contributed by atoms with Gasteiger partial charge < -0.3 is 10.6 Å². The quantitative estimate of drug-likeness (QED) is 0.602. The minimum Gasteiger partial charge on any atom is -0.335 e. The number of anilines is 2. The van der Waals surface area contributed by atoms with Gasteiger partial charge in [-0.2, -0.15) is 0 Å². The van der Waals surface area contributed by atoms with E-state index in [1.165, 1.54) is 22.7 Å². The number of aromatic nitrogens is 2. The third kappa shape index (κ3) is 4.61. The largest absolute Gasteiger partial charge is 0.335 e. The molecule has 0 radical (unpaired) electrons. The third-order valence-corrected chi connectivity index (χ3v) is 6.10. The lowest BCUT2D eigenvalue weighted by Crippen LogP contribution is -2.36. The minimum absolute atomic E-state index is 0.137. The number of hydrogen-bond donors (Lipinski definition) is 3. The maximum atomic E-state index is 12.2. The fraction of sp³-hybridized carbons (Fsp3) is 0.333. The number of carbonyl (C=O) groups is 2. The Kier molecular flexibility index (Phi) is 5.30. The van der Waals surface area contributed by atoms with Crippen LogP contribution in [-0.4, -0.2) is 27.9 Å². The molecule has 2 aromatic heterocycles. The zero-order valence-electron chi connectivity index (χ0n) is 14.5. The highest BCUT2D eigenvalue weighted by molar-refractivity contribution is 7.22. The van der Waals surface area contributed by atoms with Crippen LogP contribution in [0.4, 0.5) is 15.1 Å². The summed E-state index contributed by atoms with van der Waals surface area (Å²) in [7, 11) is 0. The van der Waals surface area contributed by atoms with Gasteiger partial charge in [-0.05, 0) is 25.0 Å². The Balaban J connectivity index is 1.30. The molecular weight excluding hydrogens is 382 g/mol. The van der Waals surface area contributed by atoms with E-state index < -0.39 is 0 Å². The fourth-order valence-corrected chi connectivity index (χ4v) is 4.68. The van der Waals surface area contributed by atoms with Crippen molar-refractivity contribution in [2.45, 2.75) is 38.1 Å². The van der Waals surface area contributed by atoms with E-state index in [2.05, 4.69) is 25.9 Å². The summed E-state index contributed by atoms with van der Waals surface area (Å²) in [6, 6.07) is 7.76. The zero-order chi connectivity index (χ0) is 18.6. The van der Waals surface area contributed by atoms with Crippen molar-refractivity contribution in [1.82, 2.24) is 15.3 Å². The van der Waals surface area contributed by atoms with Crippen molar-refractivity contribution in [1.29, 1.82) is 0 Å². The van der Waals surface area contributed by atoms with Gasteiger partial charge >= 0.3 is 6.03 Å². The molecule has 4 rings (SSSR count). The van der Waals surface area contributed by atoms with Crippen LogP contribution in [0.5, 0.6) is 0 Å². The molecule has 0 spiro atoms. The topological polar surface area (TPSA) is 96.0 Å². The molecule has 0 atom stereocenters. The second-order valence-electron chi connectivity index (χ2n) is 6.44. The van der Waals surface area contributed by atoms with E-state index in [0.29, 0.717) is 16.0 Å². The molecule has 1 aromatic carbocycles. The smallest absolute Gasteiger partial charge is 0.321 e. The van der Waals surface area contributed by atoms with Gasteiger partial charge in [-0.1, -0.05) is 36.3 Å². The summed E-state index contributed by atoms with van der Waals surface area (Å²) >= 11 is 2.75. The van der Waals surface area contributed by atoms with Gasteiger partial charge in [0.05, 0.1) is 22.3 Å².